The Hall–Kier alpha value is -0.750. The number of carbonyl (C=O) groups is 1. The zero-order chi connectivity index (χ0) is 16.1. The third kappa shape index (κ3) is 4.45. The smallest absolute Gasteiger partial charge is 0.241 e. The van der Waals surface area contributed by atoms with Gasteiger partial charge in [0.2, 0.25) is 5.91 Å². The molecule has 0 saturated carbocycles. The molecule has 3 rings (SSSR count). The summed E-state index contributed by atoms with van der Waals surface area (Å²) in [4.78, 5) is 12.7. The van der Waals surface area contributed by atoms with Crippen LogP contribution in [-0.4, -0.2) is 42.7 Å². The highest BCUT2D eigenvalue weighted by Gasteiger charge is 2.34. The molecule has 6 heteroatoms. The number of carbonyl (C=O) groups excluding carboxylic acids is 1. The van der Waals surface area contributed by atoms with Crippen LogP contribution < -0.4 is 10.6 Å². The van der Waals surface area contributed by atoms with Gasteiger partial charge in [-0.1, -0.05) is 31.2 Å². The Morgan fingerprint density at radius 2 is 2.12 bits per heavy atom. The minimum Gasteiger partial charge on any atom is -0.381 e. The van der Waals surface area contributed by atoms with Crippen molar-refractivity contribution in [1.82, 2.24) is 10.6 Å². The van der Waals surface area contributed by atoms with Gasteiger partial charge in [0.05, 0.1) is 0 Å². The lowest BCUT2D eigenvalue weighted by molar-refractivity contribution is -0.123. The molecule has 2 heterocycles. The molecule has 2 aliphatic heterocycles. The molecule has 1 aromatic rings. The molecule has 24 heavy (non-hydrogen) atoms. The van der Waals surface area contributed by atoms with Crippen LogP contribution in [0.1, 0.15) is 36.9 Å². The molecule has 134 valence electrons. The third-order valence-electron chi connectivity index (χ3n) is 4.81. The molecule has 1 fully saturated rings. The van der Waals surface area contributed by atoms with Crippen molar-refractivity contribution in [3.63, 3.8) is 0 Å². The van der Waals surface area contributed by atoms with E-state index in [1.165, 1.54) is 5.56 Å². The van der Waals surface area contributed by atoms with Crippen LogP contribution in [0.3, 0.4) is 0 Å². The maximum absolute atomic E-state index is 12.7. The second kappa shape index (κ2) is 9.09. The van der Waals surface area contributed by atoms with Crippen LogP contribution in [0.4, 0.5) is 0 Å². The van der Waals surface area contributed by atoms with Crippen LogP contribution in [0.2, 0.25) is 0 Å². The van der Waals surface area contributed by atoms with Crippen molar-refractivity contribution in [2.45, 2.75) is 37.0 Å². The van der Waals surface area contributed by atoms with Crippen LogP contribution in [-0.2, 0) is 16.0 Å². The normalized spacial score (nSPS) is 22.1. The fraction of sp³-hybridized carbons (Fsp3) is 0.611. The third-order valence-corrected chi connectivity index (χ3v) is 6.26. The number of ether oxygens (including phenoxy) is 1. The van der Waals surface area contributed by atoms with Gasteiger partial charge in [-0.25, -0.2) is 0 Å². The van der Waals surface area contributed by atoms with E-state index >= 15 is 0 Å². The molecule has 0 bridgehead atoms. The molecule has 2 aliphatic rings. The Morgan fingerprint density at radius 3 is 2.88 bits per heavy atom. The molecule has 0 aromatic heterocycles. The average Bonchev–Trinajstić information content (AvgIpc) is 2.60. The highest BCUT2D eigenvalue weighted by Crippen LogP contribution is 2.35. The number of hydrogen-bond acceptors (Lipinski definition) is 4. The molecule has 4 nitrogen and oxygen atoms in total. The summed E-state index contributed by atoms with van der Waals surface area (Å²) >= 11 is 1.96. The fourth-order valence-electron chi connectivity index (χ4n) is 3.51. The summed E-state index contributed by atoms with van der Waals surface area (Å²) in [6.45, 7) is 5.37. The van der Waals surface area contributed by atoms with Crippen molar-refractivity contribution < 1.29 is 9.53 Å². The highest BCUT2D eigenvalue weighted by molar-refractivity contribution is 8.00. The Labute approximate surface area is 154 Å². The summed E-state index contributed by atoms with van der Waals surface area (Å²) in [6.07, 6.45) is 3.02. The SMILES string of the molecule is CCSC1(CNC(=O)C2NCCc3ccccc32)CCOCC1.Cl. The van der Waals surface area contributed by atoms with Gasteiger partial charge in [0, 0.05) is 31.1 Å². The fourth-order valence-corrected chi connectivity index (χ4v) is 4.75. The molecule has 0 aliphatic carbocycles. The van der Waals surface area contributed by atoms with Gasteiger partial charge in [-0.3, -0.25) is 4.79 Å². The van der Waals surface area contributed by atoms with Gasteiger partial charge in [-0.2, -0.15) is 11.8 Å². The van der Waals surface area contributed by atoms with E-state index in [1.54, 1.807) is 0 Å². The summed E-state index contributed by atoms with van der Waals surface area (Å²) in [5, 5.41) is 6.57. The Kier molecular flexibility index (Phi) is 7.41. The van der Waals surface area contributed by atoms with Crippen LogP contribution in [0.15, 0.2) is 24.3 Å². The van der Waals surface area contributed by atoms with Gasteiger partial charge in [0.25, 0.3) is 0 Å². The van der Waals surface area contributed by atoms with Crippen molar-refractivity contribution in [2.24, 2.45) is 0 Å². The van der Waals surface area contributed by atoms with Crippen molar-refractivity contribution in [1.29, 1.82) is 0 Å². The van der Waals surface area contributed by atoms with E-state index in [-0.39, 0.29) is 29.1 Å². The quantitative estimate of drug-likeness (QED) is 0.836. The van der Waals surface area contributed by atoms with Gasteiger partial charge in [0.15, 0.2) is 0 Å². The van der Waals surface area contributed by atoms with Gasteiger partial charge < -0.3 is 15.4 Å². The molecule has 1 saturated heterocycles. The largest absolute Gasteiger partial charge is 0.381 e. The Bertz CT molecular complexity index is 544. The maximum Gasteiger partial charge on any atom is 0.241 e. The van der Waals surface area contributed by atoms with Crippen molar-refractivity contribution in [3.05, 3.63) is 35.4 Å². The van der Waals surface area contributed by atoms with E-state index in [0.717, 1.165) is 56.9 Å². The number of hydrogen-bond donors (Lipinski definition) is 2. The average molecular weight is 371 g/mol. The molecule has 1 unspecified atom stereocenters. The lowest BCUT2D eigenvalue weighted by Crippen LogP contribution is -2.48. The molecule has 1 atom stereocenters. The first-order valence-electron chi connectivity index (χ1n) is 8.55. The highest BCUT2D eigenvalue weighted by atomic mass is 35.5. The predicted octanol–water partition coefficient (Wildman–Crippen LogP) is 2.71. The molecular formula is C18H27ClN2O2S. The summed E-state index contributed by atoms with van der Waals surface area (Å²) in [5.41, 5.74) is 2.41. The number of benzene rings is 1. The lowest BCUT2D eigenvalue weighted by Gasteiger charge is -2.37. The monoisotopic (exact) mass is 370 g/mol. The van der Waals surface area contributed by atoms with Gasteiger partial charge in [-0.15, -0.1) is 12.4 Å². The van der Waals surface area contributed by atoms with Crippen LogP contribution in [0.25, 0.3) is 0 Å². The zero-order valence-electron chi connectivity index (χ0n) is 14.2. The van der Waals surface area contributed by atoms with Crippen molar-refractivity contribution in [3.8, 4) is 0 Å². The first-order chi connectivity index (χ1) is 11.2. The summed E-state index contributed by atoms with van der Waals surface area (Å²) in [7, 11) is 0. The Morgan fingerprint density at radius 1 is 1.38 bits per heavy atom. The molecule has 1 aromatic carbocycles. The first-order valence-corrected chi connectivity index (χ1v) is 9.53. The predicted molar refractivity (Wildman–Crippen MR) is 102 cm³/mol. The number of halogens is 1. The zero-order valence-corrected chi connectivity index (χ0v) is 15.8. The molecule has 0 spiro atoms. The topological polar surface area (TPSA) is 50.4 Å². The molecule has 0 radical (unpaired) electrons. The molecule has 2 N–H and O–H groups in total. The van der Waals surface area contributed by atoms with E-state index in [0.29, 0.717) is 0 Å². The van der Waals surface area contributed by atoms with Crippen LogP contribution in [0, 0.1) is 0 Å². The minimum atomic E-state index is -0.219. The number of fused-ring (bicyclic) bond motifs is 1. The second-order valence-corrected chi connectivity index (χ2v) is 8.01. The number of rotatable bonds is 5. The van der Waals surface area contributed by atoms with Gasteiger partial charge >= 0.3 is 0 Å². The summed E-state index contributed by atoms with van der Waals surface area (Å²) < 4.78 is 5.64. The maximum atomic E-state index is 12.7. The minimum absolute atomic E-state index is 0. The standard InChI is InChI=1S/C18H26N2O2S.ClH/c1-2-23-18(8-11-22-12-9-18)13-20-17(21)16-15-6-4-3-5-14(15)7-10-19-16;/h3-6,16,19H,2,7-13H2,1H3,(H,20,21);1H. The lowest BCUT2D eigenvalue weighted by atomic mass is 9.93. The summed E-state index contributed by atoms with van der Waals surface area (Å²) in [5.74, 6) is 1.17. The summed E-state index contributed by atoms with van der Waals surface area (Å²) in [6, 6.07) is 8.04. The van der Waals surface area contributed by atoms with E-state index in [2.05, 4.69) is 29.7 Å². The molecule has 1 amide bonds. The van der Waals surface area contributed by atoms with Gasteiger partial charge in [-0.05, 0) is 36.1 Å². The second-order valence-electron chi connectivity index (χ2n) is 6.28. The first kappa shape index (κ1) is 19.6. The van der Waals surface area contributed by atoms with E-state index in [9.17, 15) is 4.79 Å². The number of nitrogens with one attached hydrogen (secondary N) is 2. The number of amides is 1. The van der Waals surface area contributed by atoms with Crippen molar-refractivity contribution in [2.75, 3.05) is 32.1 Å². The molecular weight excluding hydrogens is 344 g/mol. The van der Waals surface area contributed by atoms with Crippen molar-refractivity contribution >= 4 is 30.1 Å². The van der Waals surface area contributed by atoms with Crippen LogP contribution in [0.5, 0.6) is 0 Å². The Balaban J connectivity index is 0.00000208. The van der Waals surface area contributed by atoms with Crippen LogP contribution >= 0.6 is 24.2 Å². The number of thioether (sulfide) groups is 1. The van der Waals surface area contributed by atoms with Gasteiger partial charge in [0.1, 0.15) is 6.04 Å². The van der Waals surface area contributed by atoms with E-state index in [1.807, 2.05) is 23.9 Å². The van der Waals surface area contributed by atoms with E-state index in [4.69, 9.17) is 4.74 Å². The van der Waals surface area contributed by atoms with E-state index < -0.39 is 0 Å².